The highest BCUT2D eigenvalue weighted by atomic mass is 16.3. The molecule has 0 spiro atoms. The van der Waals surface area contributed by atoms with Crippen LogP contribution in [0, 0.1) is 0 Å². The summed E-state index contributed by atoms with van der Waals surface area (Å²) in [5.74, 6) is -1.53. The smallest absolute Gasteiger partial charge is 0.313 e. The molecule has 1 atom stereocenters. The summed E-state index contributed by atoms with van der Waals surface area (Å²) < 4.78 is 0. The van der Waals surface area contributed by atoms with Gasteiger partial charge < -0.3 is 15.7 Å². The second kappa shape index (κ2) is 7.75. The van der Waals surface area contributed by atoms with Crippen LogP contribution in [0.1, 0.15) is 25.0 Å². The first kappa shape index (κ1) is 17.7. The minimum atomic E-state index is -1.25. The van der Waals surface area contributed by atoms with Gasteiger partial charge in [-0.05, 0) is 30.5 Å². The molecule has 2 aromatic rings. The van der Waals surface area contributed by atoms with E-state index < -0.39 is 17.4 Å². The van der Waals surface area contributed by atoms with Gasteiger partial charge in [0.15, 0.2) is 0 Å². The number of amides is 2. The molecule has 0 heterocycles. The van der Waals surface area contributed by atoms with Gasteiger partial charge in [0.25, 0.3) is 0 Å². The molecule has 0 aromatic heterocycles. The number of aliphatic hydroxyl groups is 1. The van der Waals surface area contributed by atoms with E-state index in [1.54, 1.807) is 43.3 Å². The molecular weight excluding hydrogens is 304 g/mol. The van der Waals surface area contributed by atoms with E-state index in [2.05, 4.69) is 10.6 Å². The van der Waals surface area contributed by atoms with E-state index in [4.69, 9.17) is 0 Å². The molecule has 0 aliphatic carbocycles. The molecule has 0 bridgehead atoms. The fourth-order valence-electron chi connectivity index (χ4n) is 2.36. The molecular formula is C19H22N2O3. The number of aryl methyl sites for hydroxylation is 1. The summed E-state index contributed by atoms with van der Waals surface area (Å²) in [5.41, 5.74) is 0.991. The number of para-hydroxylation sites is 1. The number of carbonyl (C=O) groups excluding carboxylic acids is 2. The SMILES string of the molecule is CCc1ccccc1NC(=O)C(=O)NCC(C)(O)c1ccccc1. The Balaban J connectivity index is 1.96. The average molecular weight is 326 g/mol. The first-order chi connectivity index (χ1) is 11.4. The molecule has 0 aliphatic heterocycles. The van der Waals surface area contributed by atoms with Crippen LogP contribution < -0.4 is 10.6 Å². The van der Waals surface area contributed by atoms with Crippen molar-refractivity contribution in [3.05, 3.63) is 65.7 Å². The van der Waals surface area contributed by atoms with Gasteiger partial charge in [-0.25, -0.2) is 0 Å². The van der Waals surface area contributed by atoms with Crippen molar-refractivity contribution in [2.45, 2.75) is 25.9 Å². The summed E-state index contributed by atoms with van der Waals surface area (Å²) in [4.78, 5) is 24.0. The molecule has 0 saturated heterocycles. The van der Waals surface area contributed by atoms with Crippen molar-refractivity contribution in [2.75, 3.05) is 11.9 Å². The Kier molecular flexibility index (Phi) is 5.71. The van der Waals surface area contributed by atoms with E-state index in [9.17, 15) is 14.7 Å². The van der Waals surface area contributed by atoms with Gasteiger partial charge >= 0.3 is 11.8 Å². The van der Waals surface area contributed by atoms with Gasteiger partial charge in [-0.2, -0.15) is 0 Å². The molecule has 0 radical (unpaired) electrons. The molecule has 5 nitrogen and oxygen atoms in total. The summed E-state index contributed by atoms with van der Waals surface area (Å²) in [6.07, 6.45) is 0.751. The van der Waals surface area contributed by atoms with E-state index >= 15 is 0 Å². The zero-order chi connectivity index (χ0) is 17.6. The third-order valence-corrected chi connectivity index (χ3v) is 3.84. The Morgan fingerprint density at radius 3 is 2.29 bits per heavy atom. The first-order valence-corrected chi connectivity index (χ1v) is 7.89. The number of benzene rings is 2. The molecule has 5 heteroatoms. The van der Waals surface area contributed by atoms with Gasteiger partial charge in [-0.15, -0.1) is 0 Å². The van der Waals surface area contributed by atoms with Gasteiger partial charge in [0.05, 0.1) is 6.54 Å². The normalized spacial score (nSPS) is 13.0. The van der Waals surface area contributed by atoms with Crippen LogP contribution in [0.15, 0.2) is 54.6 Å². The van der Waals surface area contributed by atoms with E-state index in [-0.39, 0.29) is 6.54 Å². The third-order valence-electron chi connectivity index (χ3n) is 3.84. The Bertz CT molecular complexity index is 712. The van der Waals surface area contributed by atoms with E-state index in [0.29, 0.717) is 11.3 Å². The fourth-order valence-corrected chi connectivity index (χ4v) is 2.36. The quantitative estimate of drug-likeness (QED) is 0.737. The molecule has 0 saturated carbocycles. The topological polar surface area (TPSA) is 78.4 Å². The van der Waals surface area contributed by atoms with Crippen molar-refractivity contribution < 1.29 is 14.7 Å². The molecule has 0 fully saturated rings. The van der Waals surface area contributed by atoms with E-state index in [1.165, 1.54) is 0 Å². The van der Waals surface area contributed by atoms with Gasteiger partial charge in [0, 0.05) is 5.69 Å². The van der Waals surface area contributed by atoms with Crippen LogP contribution in [0.2, 0.25) is 0 Å². The van der Waals surface area contributed by atoms with E-state index in [0.717, 1.165) is 12.0 Å². The molecule has 2 amide bonds. The largest absolute Gasteiger partial charge is 0.384 e. The highest BCUT2D eigenvalue weighted by Crippen LogP contribution is 2.19. The maximum absolute atomic E-state index is 12.0. The lowest BCUT2D eigenvalue weighted by Gasteiger charge is -2.24. The highest BCUT2D eigenvalue weighted by molar-refractivity contribution is 6.39. The van der Waals surface area contributed by atoms with Gasteiger partial charge in [-0.3, -0.25) is 9.59 Å². The summed E-state index contributed by atoms with van der Waals surface area (Å²) in [7, 11) is 0. The number of nitrogens with one attached hydrogen (secondary N) is 2. The van der Waals surface area contributed by atoms with Crippen LogP contribution in [0.4, 0.5) is 5.69 Å². The maximum atomic E-state index is 12.0. The second-order valence-electron chi connectivity index (χ2n) is 5.79. The lowest BCUT2D eigenvalue weighted by Crippen LogP contribution is -2.43. The number of carbonyl (C=O) groups is 2. The molecule has 0 aliphatic rings. The van der Waals surface area contributed by atoms with Crippen LogP contribution >= 0.6 is 0 Å². The second-order valence-corrected chi connectivity index (χ2v) is 5.79. The summed E-state index contributed by atoms with van der Waals surface area (Å²) in [5, 5.41) is 15.5. The predicted octanol–water partition coefficient (Wildman–Crippen LogP) is 2.21. The van der Waals surface area contributed by atoms with Crippen LogP contribution in [-0.2, 0) is 21.6 Å². The van der Waals surface area contributed by atoms with Crippen molar-refractivity contribution in [3.8, 4) is 0 Å². The number of rotatable bonds is 5. The van der Waals surface area contributed by atoms with Crippen LogP contribution in [0.25, 0.3) is 0 Å². The standard InChI is InChI=1S/C19H22N2O3/c1-3-14-9-7-8-12-16(14)21-18(23)17(22)20-13-19(2,24)15-10-5-4-6-11-15/h4-12,24H,3,13H2,1-2H3,(H,20,22)(H,21,23). The van der Waals surface area contributed by atoms with Crippen molar-refractivity contribution in [2.24, 2.45) is 0 Å². The molecule has 126 valence electrons. The van der Waals surface area contributed by atoms with Crippen LogP contribution in [-0.4, -0.2) is 23.5 Å². The molecule has 2 aromatic carbocycles. The number of hydrogen-bond donors (Lipinski definition) is 3. The Morgan fingerprint density at radius 2 is 1.62 bits per heavy atom. The first-order valence-electron chi connectivity index (χ1n) is 7.89. The van der Waals surface area contributed by atoms with Gasteiger partial charge in [-0.1, -0.05) is 55.5 Å². The molecule has 2 rings (SSSR count). The zero-order valence-electron chi connectivity index (χ0n) is 13.9. The Labute approximate surface area is 141 Å². The summed E-state index contributed by atoms with van der Waals surface area (Å²) in [6, 6.07) is 16.3. The number of anilines is 1. The van der Waals surface area contributed by atoms with Crippen LogP contribution in [0.5, 0.6) is 0 Å². The summed E-state index contributed by atoms with van der Waals surface area (Å²) in [6.45, 7) is 3.51. The average Bonchev–Trinajstić information content (AvgIpc) is 2.61. The van der Waals surface area contributed by atoms with Crippen LogP contribution in [0.3, 0.4) is 0 Å². The monoisotopic (exact) mass is 326 g/mol. The lowest BCUT2D eigenvalue weighted by molar-refractivity contribution is -0.136. The number of hydrogen-bond acceptors (Lipinski definition) is 3. The fraction of sp³-hybridized carbons (Fsp3) is 0.263. The third kappa shape index (κ3) is 4.43. The van der Waals surface area contributed by atoms with Crippen molar-refractivity contribution in [1.82, 2.24) is 5.32 Å². The Morgan fingerprint density at radius 1 is 1.00 bits per heavy atom. The maximum Gasteiger partial charge on any atom is 0.313 e. The Hall–Kier alpha value is -2.66. The highest BCUT2D eigenvalue weighted by Gasteiger charge is 2.25. The summed E-state index contributed by atoms with van der Waals surface area (Å²) >= 11 is 0. The van der Waals surface area contributed by atoms with Crippen molar-refractivity contribution in [1.29, 1.82) is 0 Å². The molecule has 24 heavy (non-hydrogen) atoms. The minimum Gasteiger partial charge on any atom is -0.384 e. The minimum absolute atomic E-state index is 0.0569. The molecule has 3 N–H and O–H groups in total. The van der Waals surface area contributed by atoms with E-state index in [1.807, 2.05) is 25.1 Å². The molecule has 1 unspecified atom stereocenters. The zero-order valence-corrected chi connectivity index (χ0v) is 13.9. The predicted molar refractivity (Wildman–Crippen MR) is 93.5 cm³/mol. The van der Waals surface area contributed by atoms with Gasteiger partial charge in [0.2, 0.25) is 0 Å². The van der Waals surface area contributed by atoms with Gasteiger partial charge in [0.1, 0.15) is 5.60 Å². The van der Waals surface area contributed by atoms with Crippen molar-refractivity contribution >= 4 is 17.5 Å². The van der Waals surface area contributed by atoms with Crippen molar-refractivity contribution in [3.63, 3.8) is 0 Å². The lowest BCUT2D eigenvalue weighted by atomic mass is 9.96.